The van der Waals surface area contributed by atoms with E-state index in [1.165, 1.54) is 5.56 Å². The Kier molecular flexibility index (Phi) is 3.28. The van der Waals surface area contributed by atoms with Crippen LogP contribution in [0.25, 0.3) is 0 Å². The minimum atomic E-state index is -0.242. The molecule has 0 spiro atoms. The van der Waals surface area contributed by atoms with Crippen molar-refractivity contribution >= 4 is 0 Å². The molecular weight excluding hydrogens is 184 g/mol. The second-order valence-corrected chi connectivity index (χ2v) is 5.30. The van der Waals surface area contributed by atoms with E-state index in [1.807, 2.05) is 18.2 Å². The van der Waals surface area contributed by atoms with Gasteiger partial charge in [-0.15, -0.1) is 0 Å². The molecule has 82 valence electrons. The van der Waals surface area contributed by atoms with Crippen molar-refractivity contribution < 1.29 is 0 Å². The van der Waals surface area contributed by atoms with Crippen LogP contribution in [0, 0.1) is 0 Å². The van der Waals surface area contributed by atoms with Crippen molar-refractivity contribution in [3.05, 3.63) is 35.9 Å². The van der Waals surface area contributed by atoms with Crippen LogP contribution in [-0.4, -0.2) is 5.54 Å². The van der Waals surface area contributed by atoms with Crippen molar-refractivity contribution in [2.24, 2.45) is 10.2 Å². The van der Waals surface area contributed by atoms with Gasteiger partial charge in [0.05, 0.1) is 5.54 Å². The average molecular weight is 204 g/mol. The summed E-state index contributed by atoms with van der Waals surface area (Å²) in [6, 6.07) is 10.2. The second kappa shape index (κ2) is 4.13. The number of rotatable bonds is 2. The van der Waals surface area contributed by atoms with Gasteiger partial charge in [0, 0.05) is 0 Å². The maximum absolute atomic E-state index is 4.42. The standard InChI is InChI=1S/C13H20N2/c1-12(2,3)14-15-13(4,5)11-9-7-6-8-10-11/h6-10H,1-5H3/b15-14+. The maximum atomic E-state index is 4.42. The lowest BCUT2D eigenvalue weighted by atomic mass is 9.96. The lowest BCUT2D eigenvalue weighted by Gasteiger charge is -2.21. The number of hydrogen-bond donors (Lipinski definition) is 0. The van der Waals surface area contributed by atoms with Gasteiger partial charge in [0.1, 0.15) is 5.54 Å². The Morgan fingerprint density at radius 1 is 0.800 bits per heavy atom. The summed E-state index contributed by atoms with van der Waals surface area (Å²) in [6.07, 6.45) is 0. The van der Waals surface area contributed by atoms with E-state index in [1.54, 1.807) is 0 Å². The van der Waals surface area contributed by atoms with Gasteiger partial charge in [-0.25, -0.2) is 0 Å². The molecule has 1 aromatic rings. The summed E-state index contributed by atoms with van der Waals surface area (Å²) < 4.78 is 0. The average Bonchev–Trinajstić information content (AvgIpc) is 2.16. The Balaban J connectivity index is 2.90. The smallest absolute Gasteiger partial charge is 0.101 e. The van der Waals surface area contributed by atoms with Crippen LogP contribution in [0.15, 0.2) is 40.6 Å². The van der Waals surface area contributed by atoms with E-state index in [0.717, 1.165) is 0 Å². The summed E-state index contributed by atoms with van der Waals surface area (Å²) in [4.78, 5) is 0. The van der Waals surface area contributed by atoms with E-state index in [-0.39, 0.29) is 11.1 Å². The topological polar surface area (TPSA) is 24.7 Å². The Bertz CT molecular complexity index is 331. The first-order valence-electron chi connectivity index (χ1n) is 5.31. The van der Waals surface area contributed by atoms with Gasteiger partial charge < -0.3 is 0 Å². The van der Waals surface area contributed by atoms with Crippen LogP contribution >= 0.6 is 0 Å². The molecule has 0 saturated carbocycles. The van der Waals surface area contributed by atoms with E-state index in [0.29, 0.717) is 0 Å². The van der Waals surface area contributed by atoms with Crippen molar-refractivity contribution in [3.63, 3.8) is 0 Å². The van der Waals surface area contributed by atoms with Crippen LogP contribution in [0.3, 0.4) is 0 Å². The van der Waals surface area contributed by atoms with Gasteiger partial charge in [0.2, 0.25) is 0 Å². The zero-order valence-electron chi connectivity index (χ0n) is 10.3. The predicted octanol–water partition coefficient (Wildman–Crippen LogP) is 4.17. The summed E-state index contributed by atoms with van der Waals surface area (Å²) >= 11 is 0. The highest BCUT2D eigenvalue weighted by Gasteiger charge is 2.20. The molecule has 0 N–H and O–H groups in total. The van der Waals surface area contributed by atoms with E-state index >= 15 is 0 Å². The SMILES string of the molecule is CC(C)(C)/N=N/C(C)(C)c1ccccc1. The fraction of sp³-hybridized carbons (Fsp3) is 0.538. The van der Waals surface area contributed by atoms with Crippen molar-refractivity contribution in [2.75, 3.05) is 0 Å². The van der Waals surface area contributed by atoms with E-state index in [4.69, 9.17) is 0 Å². The highest BCUT2D eigenvalue weighted by Crippen LogP contribution is 2.26. The first kappa shape index (κ1) is 11.9. The van der Waals surface area contributed by atoms with E-state index < -0.39 is 0 Å². The number of azo groups is 1. The molecule has 0 aliphatic carbocycles. The molecule has 1 rings (SSSR count). The van der Waals surface area contributed by atoms with Gasteiger partial charge in [0.25, 0.3) is 0 Å². The van der Waals surface area contributed by atoms with Crippen molar-refractivity contribution in [2.45, 2.75) is 45.7 Å². The van der Waals surface area contributed by atoms with Crippen molar-refractivity contribution in [1.29, 1.82) is 0 Å². The van der Waals surface area contributed by atoms with Gasteiger partial charge in [-0.3, -0.25) is 0 Å². The molecule has 1 aromatic carbocycles. The Morgan fingerprint density at radius 2 is 1.33 bits per heavy atom. The molecule has 0 bridgehead atoms. The van der Waals surface area contributed by atoms with Gasteiger partial charge >= 0.3 is 0 Å². The monoisotopic (exact) mass is 204 g/mol. The van der Waals surface area contributed by atoms with Crippen LogP contribution in [0.2, 0.25) is 0 Å². The van der Waals surface area contributed by atoms with E-state index in [9.17, 15) is 0 Å². The van der Waals surface area contributed by atoms with Gasteiger partial charge in [-0.05, 0) is 40.2 Å². The van der Waals surface area contributed by atoms with Gasteiger partial charge in [0.15, 0.2) is 0 Å². The zero-order chi connectivity index (χ0) is 11.5. The fourth-order valence-corrected chi connectivity index (χ4v) is 1.18. The summed E-state index contributed by atoms with van der Waals surface area (Å²) in [6.45, 7) is 10.3. The molecule has 0 fully saturated rings. The van der Waals surface area contributed by atoms with Crippen LogP contribution in [0.4, 0.5) is 0 Å². The highest BCUT2D eigenvalue weighted by atomic mass is 15.2. The molecule has 0 amide bonds. The lowest BCUT2D eigenvalue weighted by Crippen LogP contribution is -2.16. The first-order valence-corrected chi connectivity index (χ1v) is 5.31. The number of benzene rings is 1. The van der Waals surface area contributed by atoms with Crippen LogP contribution < -0.4 is 0 Å². The molecule has 0 saturated heterocycles. The molecule has 0 aromatic heterocycles. The third-order valence-corrected chi connectivity index (χ3v) is 2.08. The van der Waals surface area contributed by atoms with Crippen molar-refractivity contribution in [3.8, 4) is 0 Å². The second-order valence-electron chi connectivity index (χ2n) is 5.30. The summed E-state index contributed by atoms with van der Waals surface area (Å²) in [7, 11) is 0. The predicted molar refractivity (Wildman–Crippen MR) is 64.1 cm³/mol. The Hall–Kier alpha value is -1.18. The molecule has 0 atom stereocenters. The molecule has 0 aliphatic heterocycles. The largest absolute Gasteiger partial charge is 0.187 e. The molecule has 0 unspecified atom stereocenters. The fourth-order valence-electron chi connectivity index (χ4n) is 1.18. The molecular formula is C13H20N2. The zero-order valence-corrected chi connectivity index (χ0v) is 10.3. The molecule has 2 nitrogen and oxygen atoms in total. The van der Waals surface area contributed by atoms with Gasteiger partial charge in [-0.2, -0.15) is 10.2 Å². The molecule has 0 radical (unpaired) electrons. The third-order valence-electron chi connectivity index (χ3n) is 2.08. The highest BCUT2D eigenvalue weighted by molar-refractivity contribution is 5.22. The van der Waals surface area contributed by atoms with E-state index in [2.05, 4.69) is 57.0 Å². The quantitative estimate of drug-likeness (QED) is 0.646. The van der Waals surface area contributed by atoms with Crippen LogP contribution in [0.1, 0.15) is 40.2 Å². The number of nitrogens with zero attached hydrogens (tertiary/aromatic N) is 2. The lowest BCUT2D eigenvalue weighted by molar-refractivity contribution is 0.452. The minimum Gasteiger partial charge on any atom is -0.187 e. The van der Waals surface area contributed by atoms with Crippen LogP contribution in [0.5, 0.6) is 0 Å². The summed E-state index contributed by atoms with van der Waals surface area (Å²) in [5.74, 6) is 0. The number of hydrogen-bond acceptors (Lipinski definition) is 2. The van der Waals surface area contributed by atoms with Gasteiger partial charge in [-0.1, -0.05) is 30.3 Å². The van der Waals surface area contributed by atoms with Crippen molar-refractivity contribution in [1.82, 2.24) is 0 Å². The molecule has 15 heavy (non-hydrogen) atoms. The summed E-state index contributed by atoms with van der Waals surface area (Å²) in [5, 5.41) is 8.75. The summed E-state index contributed by atoms with van der Waals surface area (Å²) in [5.41, 5.74) is 0.846. The Morgan fingerprint density at radius 3 is 1.80 bits per heavy atom. The maximum Gasteiger partial charge on any atom is 0.101 e. The minimum absolute atomic E-state index is 0.105. The normalized spacial score (nSPS) is 13.4. The Labute approximate surface area is 92.4 Å². The first-order chi connectivity index (χ1) is 6.81. The molecule has 2 heteroatoms. The van der Waals surface area contributed by atoms with Crippen LogP contribution in [-0.2, 0) is 5.54 Å². The third kappa shape index (κ3) is 3.82. The molecule has 0 aliphatic rings. The molecule has 0 heterocycles.